The average Bonchev–Trinajstić information content (AvgIpc) is 3.37. The first-order chi connectivity index (χ1) is 17.4. The zero-order valence-electron chi connectivity index (χ0n) is 18.5. The molecular weight excluding hydrogens is 484 g/mol. The molecule has 3 aliphatic heterocycles. The Hall–Kier alpha value is -4.37. The molecule has 3 aromatic rings. The number of ketones is 1. The number of rotatable bonds is 4. The van der Waals surface area contributed by atoms with Gasteiger partial charge >= 0.3 is 0 Å². The summed E-state index contributed by atoms with van der Waals surface area (Å²) in [5.74, 6) is -3.52. The molecule has 2 amide bonds. The number of nitrogens with zero attached hydrogens (tertiary/aromatic N) is 4. The van der Waals surface area contributed by atoms with Crippen LogP contribution in [0.5, 0.6) is 0 Å². The monoisotopic (exact) mass is 500 g/mol. The third-order valence-corrected chi connectivity index (χ3v) is 7.32. The van der Waals surface area contributed by atoms with E-state index in [2.05, 4.69) is 5.10 Å². The van der Waals surface area contributed by atoms with Gasteiger partial charge in [0, 0.05) is 17.7 Å². The van der Waals surface area contributed by atoms with Crippen LogP contribution in [0.4, 0.5) is 11.4 Å². The number of nitro groups is 1. The second kappa shape index (κ2) is 8.10. The summed E-state index contributed by atoms with van der Waals surface area (Å²) >= 11 is 6.31. The zero-order chi connectivity index (χ0) is 25.1. The van der Waals surface area contributed by atoms with Crippen molar-refractivity contribution in [1.82, 2.24) is 5.01 Å². The minimum atomic E-state index is -1.05. The summed E-state index contributed by atoms with van der Waals surface area (Å²) < 4.78 is 0. The van der Waals surface area contributed by atoms with Gasteiger partial charge in [-0.1, -0.05) is 66.2 Å². The van der Waals surface area contributed by atoms with Crippen LogP contribution in [0.25, 0.3) is 0 Å². The Labute approximate surface area is 209 Å². The fourth-order valence-electron chi connectivity index (χ4n) is 5.47. The van der Waals surface area contributed by atoms with Crippen LogP contribution < -0.4 is 4.90 Å². The standard InChI is InChI=1S/C26H17ClN4O5/c27-18-11-10-16(31(35)36)12-19(18)29-25(33)20-21(26(29)34)23(24(32)14-6-2-1-3-7-14)30-22(20)17-9-5-4-8-15(17)13-28-30/h1-13,20-23H/t20-,21+,22+,23+/m0/s1. The number of hydrogen-bond donors (Lipinski definition) is 0. The molecule has 10 heteroatoms. The van der Waals surface area contributed by atoms with E-state index in [4.69, 9.17) is 11.6 Å². The zero-order valence-corrected chi connectivity index (χ0v) is 19.3. The molecule has 4 atom stereocenters. The molecule has 0 bridgehead atoms. The Morgan fingerprint density at radius 1 is 0.944 bits per heavy atom. The molecule has 6 rings (SSSR count). The van der Waals surface area contributed by atoms with Crippen LogP contribution in [-0.2, 0) is 9.59 Å². The Balaban J connectivity index is 1.51. The van der Waals surface area contributed by atoms with E-state index >= 15 is 0 Å². The van der Waals surface area contributed by atoms with Crippen molar-refractivity contribution in [3.05, 3.63) is 105 Å². The van der Waals surface area contributed by atoms with Crippen LogP contribution in [0, 0.1) is 22.0 Å². The summed E-state index contributed by atoms with van der Waals surface area (Å²) in [6.07, 6.45) is 1.63. The second-order valence-corrected chi connectivity index (χ2v) is 9.24. The lowest BCUT2D eigenvalue weighted by Crippen LogP contribution is -2.44. The number of benzene rings is 3. The Kier molecular flexibility index (Phi) is 4.97. The average molecular weight is 501 g/mol. The minimum Gasteiger partial charge on any atom is -0.292 e. The highest BCUT2D eigenvalue weighted by Crippen LogP contribution is 2.53. The van der Waals surface area contributed by atoms with E-state index in [9.17, 15) is 24.5 Å². The highest BCUT2D eigenvalue weighted by Gasteiger charge is 2.65. The van der Waals surface area contributed by atoms with E-state index in [0.29, 0.717) is 5.56 Å². The predicted octanol–water partition coefficient (Wildman–Crippen LogP) is 4.01. The van der Waals surface area contributed by atoms with Crippen molar-refractivity contribution in [3.63, 3.8) is 0 Å². The Morgan fingerprint density at radius 2 is 1.64 bits per heavy atom. The third kappa shape index (κ3) is 3.09. The molecule has 9 nitrogen and oxygen atoms in total. The fourth-order valence-corrected chi connectivity index (χ4v) is 5.67. The number of Topliss-reactive ketones (excluding diaryl/α,β-unsaturated/α-hetero) is 1. The van der Waals surface area contributed by atoms with Gasteiger partial charge in [-0.2, -0.15) is 5.10 Å². The van der Waals surface area contributed by atoms with Gasteiger partial charge in [-0.05, 0) is 17.2 Å². The predicted molar refractivity (Wildman–Crippen MR) is 131 cm³/mol. The van der Waals surface area contributed by atoms with Crippen molar-refractivity contribution in [3.8, 4) is 0 Å². The molecule has 3 heterocycles. The SMILES string of the molecule is O=C(c1ccccc1)[C@H]1[C@@H]2C(=O)N(c3cc([N+](=O)[O-])ccc3Cl)C(=O)[C@@H]2[C@H]2c3ccccc3C=NN21. The van der Waals surface area contributed by atoms with Crippen molar-refractivity contribution < 1.29 is 19.3 Å². The fraction of sp³-hybridized carbons (Fsp3) is 0.154. The lowest BCUT2D eigenvalue weighted by Gasteiger charge is -2.33. The van der Waals surface area contributed by atoms with Gasteiger partial charge in [-0.3, -0.25) is 29.5 Å². The van der Waals surface area contributed by atoms with Gasteiger partial charge in [0.2, 0.25) is 11.8 Å². The van der Waals surface area contributed by atoms with Gasteiger partial charge in [0.25, 0.3) is 5.69 Å². The lowest BCUT2D eigenvalue weighted by atomic mass is 9.83. The molecule has 178 valence electrons. The maximum absolute atomic E-state index is 13.9. The van der Waals surface area contributed by atoms with Crippen LogP contribution in [0.3, 0.4) is 0 Å². The van der Waals surface area contributed by atoms with Crippen LogP contribution in [-0.4, -0.2) is 39.8 Å². The number of hydrogen-bond acceptors (Lipinski definition) is 7. The molecule has 3 aliphatic rings. The van der Waals surface area contributed by atoms with Crippen molar-refractivity contribution in [2.24, 2.45) is 16.9 Å². The van der Waals surface area contributed by atoms with Gasteiger partial charge < -0.3 is 0 Å². The summed E-state index contributed by atoms with van der Waals surface area (Å²) in [5.41, 5.74) is 1.58. The molecule has 0 spiro atoms. The summed E-state index contributed by atoms with van der Waals surface area (Å²) in [6, 6.07) is 17.8. The second-order valence-electron chi connectivity index (χ2n) is 8.83. The number of halogens is 1. The number of anilines is 1. The van der Waals surface area contributed by atoms with E-state index in [1.54, 1.807) is 41.6 Å². The minimum absolute atomic E-state index is 0.0205. The largest absolute Gasteiger partial charge is 0.292 e. The van der Waals surface area contributed by atoms with E-state index in [-0.39, 0.29) is 22.2 Å². The normalized spacial score (nSPS) is 23.9. The number of amides is 2. The van der Waals surface area contributed by atoms with Gasteiger partial charge in [0.15, 0.2) is 5.78 Å². The first-order valence-corrected chi connectivity index (χ1v) is 11.6. The third-order valence-electron chi connectivity index (χ3n) is 7.00. The summed E-state index contributed by atoms with van der Waals surface area (Å²) in [6.45, 7) is 0. The van der Waals surface area contributed by atoms with Gasteiger partial charge in [0.1, 0.15) is 6.04 Å². The van der Waals surface area contributed by atoms with Gasteiger partial charge in [-0.25, -0.2) is 4.90 Å². The first kappa shape index (κ1) is 22.1. The number of nitro benzene ring substituents is 1. The van der Waals surface area contributed by atoms with Crippen LogP contribution in [0.15, 0.2) is 77.9 Å². The molecule has 0 saturated carbocycles. The van der Waals surface area contributed by atoms with E-state index < -0.39 is 40.7 Å². The Morgan fingerprint density at radius 3 is 2.39 bits per heavy atom. The highest BCUT2D eigenvalue weighted by molar-refractivity contribution is 6.36. The summed E-state index contributed by atoms with van der Waals surface area (Å²) in [4.78, 5) is 53.2. The maximum Gasteiger partial charge on any atom is 0.271 e. The van der Waals surface area contributed by atoms with E-state index in [1.807, 2.05) is 24.3 Å². The smallest absolute Gasteiger partial charge is 0.271 e. The molecule has 36 heavy (non-hydrogen) atoms. The van der Waals surface area contributed by atoms with Crippen molar-refractivity contribution in [1.29, 1.82) is 0 Å². The van der Waals surface area contributed by atoms with Crippen molar-refractivity contribution in [2.45, 2.75) is 12.1 Å². The van der Waals surface area contributed by atoms with Crippen molar-refractivity contribution >= 4 is 46.8 Å². The molecule has 2 fully saturated rings. The molecule has 0 N–H and O–H groups in total. The maximum atomic E-state index is 13.9. The molecule has 3 aromatic carbocycles. The number of carbonyl (C=O) groups excluding carboxylic acids is 3. The van der Waals surface area contributed by atoms with Crippen LogP contribution in [0.1, 0.15) is 27.5 Å². The molecule has 2 saturated heterocycles. The van der Waals surface area contributed by atoms with Gasteiger partial charge in [0.05, 0.1) is 39.7 Å². The van der Waals surface area contributed by atoms with E-state index in [1.165, 1.54) is 12.1 Å². The molecule has 0 aliphatic carbocycles. The highest BCUT2D eigenvalue weighted by atomic mass is 35.5. The van der Waals surface area contributed by atoms with E-state index in [0.717, 1.165) is 22.1 Å². The van der Waals surface area contributed by atoms with Crippen LogP contribution >= 0.6 is 11.6 Å². The number of non-ortho nitro benzene ring substituents is 1. The molecule has 0 aromatic heterocycles. The van der Waals surface area contributed by atoms with Crippen molar-refractivity contribution in [2.75, 3.05) is 4.90 Å². The summed E-state index contributed by atoms with van der Waals surface area (Å²) in [7, 11) is 0. The number of hydrazone groups is 1. The quantitative estimate of drug-likeness (QED) is 0.231. The number of fused-ring (bicyclic) bond motifs is 5. The topological polar surface area (TPSA) is 113 Å². The van der Waals surface area contributed by atoms with Gasteiger partial charge in [-0.15, -0.1) is 0 Å². The Bertz CT molecular complexity index is 1490. The molecular formula is C26H17ClN4O5. The number of carbonyl (C=O) groups is 3. The number of imide groups is 1. The lowest BCUT2D eigenvalue weighted by molar-refractivity contribution is -0.384. The van der Waals surface area contributed by atoms with Crippen LogP contribution in [0.2, 0.25) is 5.02 Å². The first-order valence-electron chi connectivity index (χ1n) is 11.2. The molecule has 0 unspecified atom stereocenters. The summed E-state index contributed by atoms with van der Waals surface area (Å²) in [5, 5.41) is 17.5. The molecule has 0 radical (unpaired) electrons.